The zero-order chi connectivity index (χ0) is 23.1. The molecule has 10 heteroatoms. The van der Waals surface area contributed by atoms with Crippen molar-refractivity contribution in [1.82, 2.24) is 14.1 Å². The second-order valence-corrected chi connectivity index (χ2v) is 11.1. The van der Waals surface area contributed by atoms with Crippen LogP contribution >= 0.6 is 11.8 Å². The third kappa shape index (κ3) is 6.24. The van der Waals surface area contributed by atoms with Crippen LogP contribution in [0.1, 0.15) is 31.7 Å². The summed E-state index contributed by atoms with van der Waals surface area (Å²) in [7, 11) is -3.57. The molecular formula is C22H33N3O5S2. The molecule has 0 aromatic heterocycles. The zero-order valence-electron chi connectivity index (χ0n) is 18.9. The van der Waals surface area contributed by atoms with E-state index in [-0.39, 0.29) is 36.4 Å². The van der Waals surface area contributed by atoms with Crippen LogP contribution in [0.3, 0.4) is 0 Å². The molecule has 32 heavy (non-hydrogen) atoms. The van der Waals surface area contributed by atoms with Crippen LogP contribution in [0.4, 0.5) is 0 Å². The summed E-state index contributed by atoms with van der Waals surface area (Å²) in [6.45, 7) is 7.83. The summed E-state index contributed by atoms with van der Waals surface area (Å²) in [4.78, 5) is 28.4. The van der Waals surface area contributed by atoms with E-state index in [1.165, 1.54) is 16.1 Å². The molecule has 1 atom stereocenters. The lowest BCUT2D eigenvalue weighted by atomic mass is 9.99. The first-order valence-corrected chi connectivity index (χ1v) is 13.7. The lowest BCUT2D eigenvalue weighted by molar-refractivity contribution is -0.132. The molecular weight excluding hydrogens is 450 g/mol. The van der Waals surface area contributed by atoms with E-state index in [9.17, 15) is 18.0 Å². The normalized spacial score (nSPS) is 19.1. The summed E-state index contributed by atoms with van der Waals surface area (Å²) < 4.78 is 32.7. The van der Waals surface area contributed by atoms with Crippen LogP contribution in [0.15, 0.2) is 29.2 Å². The van der Waals surface area contributed by atoms with Gasteiger partial charge in [0.2, 0.25) is 21.8 Å². The molecule has 0 spiro atoms. The average molecular weight is 484 g/mol. The number of amides is 2. The first-order chi connectivity index (χ1) is 15.3. The quantitative estimate of drug-likeness (QED) is 0.559. The van der Waals surface area contributed by atoms with Gasteiger partial charge in [0.15, 0.2) is 0 Å². The Morgan fingerprint density at radius 3 is 2.00 bits per heavy atom. The Kier molecular flexibility index (Phi) is 8.98. The van der Waals surface area contributed by atoms with Crippen molar-refractivity contribution in [1.29, 1.82) is 0 Å². The maximum absolute atomic E-state index is 13.0. The number of hydrogen-bond acceptors (Lipinski definition) is 6. The Bertz CT molecular complexity index is 877. The van der Waals surface area contributed by atoms with Crippen LogP contribution in [-0.4, -0.2) is 98.3 Å². The molecule has 0 bridgehead atoms. The number of morpholine rings is 1. The first-order valence-electron chi connectivity index (χ1n) is 11.1. The Morgan fingerprint density at radius 2 is 1.47 bits per heavy atom. The molecule has 2 saturated heterocycles. The number of ether oxygens (including phenoxy) is 1. The number of sulfonamides is 1. The fraction of sp³-hybridized carbons (Fsp3) is 0.636. The Labute approximate surface area is 195 Å². The van der Waals surface area contributed by atoms with E-state index in [0.717, 1.165) is 12.0 Å². The number of piperazine rings is 1. The Balaban J connectivity index is 1.45. The van der Waals surface area contributed by atoms with Gasteiger partial charge in [0.05, 0.1) is 29.6 Å². The van der Waals surface area contributed by atoms with Gasteiger partial charge < -0.3 is 14.5 Å². The van der Waals surface area contributed by atoms with Gasteiger partial charge in [-0.25, -0.2) is 8.42 Å². The second kappa shape index (κ2) is 11.5. The summed E-state index contributed by atoms with van der Waals surface area (Å²) in [5.41, 5.74) is 1.13. The van der Waals surface area contributed by atoms with E-state index in [1.54, 1.807) is 21.9 Å². The van der Waals surface area contributed by atoms with E-state index in [0.29, 0.717) is 50.2 Å². The topological polar surface area (TPSA) is 87.2 Å². The van der Waals surface area contributed by atoms with Crippen molar-refractivity contribution < 1.29 is 22.7 Å². The van der Waals surface area contributed by atoms with Crippen LogP contribution in [-0.2, 0) is 24.3 Å². The summed E-state index contributed by atoms with van der Waals surface area (Å²) in [5, 5.41) is 0. The van der Waals surface area contributed by atoms with Crippen molar-refractivity contribution in [3.8, 4) is 0 Å². The molecule has 2 aliphatic rings. The van der Waals surface area contributed by atoms with Crippen molar-refractivity contribution >= 4 is 33.6 Å². The minimum Gasteiger partial charge on any atom is -0.378 e. The van der Waals surface area contributed by atoms with Crippen molar-refractivity contribution in [3.63, 3.8) is 0 Å². The maximum atomic E-state index is 13.0. The molecule has 1 unspecified atom stereocenters. The summed E-state index contributed by atoms with van der Waals surface area (Å²) in [6, 6.07) is 7.12. The van der Waals surface area contributed by atoms with E-state index in [2.05, 4.69) is 13.8 Å². The maximum Gasteiger partial charge on any atom is 0.243 e. The number of carbonyl (C=O) groups excluding carboxylic acids is 2. The van der Waals surface area contributed by atoms with Gasteiger partial charge in [-0.3, -0.25) is 9.59 Å². The summed E-state index contributed by atoms with van der Waals surface area (Å²) in [6.07, 6.45) is 1.00. The van der Waals surface area contributed by atoms with Crippen LogP contribution in [0, 0.1) is 0 Å². The first kappa shape index (κ1) is 25.0. The van der Waals surface area contributed by atoms with Crippen molar-refractivity contribution in [2.45, 2.75) is 31.1 Å². The zero-order valence-corrected chi connectivity index (χ0v) is 20.5. The Hall–Kier alpha value is -1.62. The van der Waals surface area contributed by atoms with Gasteiger partial charge in [-0.1, -0.05) is 26.0 Å². The molecule has 1 aromatic rings. The van der Waals surface area contributed by atoms with Gasteiger partial charge in [-0.2, -0.15) is 4.31 Å². The van der Waals surface area contributed by atoms with Gasteiger partial charge >= 0.3 is 0 Å². The van der Waals surface area contributed by atoms with Gasteiger partial charge in [-0.15, -0.1) is 11.8 Å². The smallest absolute Gasteiger partial charge is 0.243 e. The number of rotatable bonds is 8. The molecule has 3 rings (SSSR count). The molecule has 0 radical (unpaired) electrons. The van der Waals surface area contributed by atoms with Gasteiger partial charge in [0.1, 0.15) is 0 Å². The molecule has 1 aromatic carbocycles. The number of benzene rings is 1. The number of hydrogen-bond donors (Lipinski definition) is 0. The van der Waals surface area contributed by atoms with Crippen molar-refractivity contribution in [2.75, 3.05) is 64.0 Å². The van der Waals surface area contributed by atoms with Crippen LogP contribution < -0.4 is 0 Å². The summed E-state index contributed by atoms with van der Waals surface area (Å²) >= 11 is 1.31. The van der Waals surface area contributed by atoms with Crippen LogP contribution in [0.5, 0.6) is 0 Å². The molecule has 0 saturated carbocycles. The molecule has 2 heterocycles. The lowest BCUT2D eigenvalue weighted by Gasteiger charge is -2.34. The largest absolute Gasteiger partial charge is 0.378 e. The lowest BCUT2D eigenvalue weighted by Crippen LogP contribution is -2.51. The van der Waals surface area contributed by atoms with E-state index >= 15 is 0 Å². The third-order valence-corrected chi connectivity index (χ3v) is 8.92. The van der Waals surface area contributed by atoms with E-state index < -0.39 is 10.0 Å². The molecule has 8 nitrogen and oxygen atoms in total. The fourth-order valence-electron chi connectivity index (χ4n) is 3.75. The van der Waals surface area contributed by atoms with Gasteiger partial charge in [-0.05, 0) is 30.0 Å². The van der Waals surface area contributed by atoms with Crippen LogP contribution in [0.25, 0.3) is 0 Å². The predicted molar refractivity (Wildman–Crippen MR) is 125 cm³/mol. The highest BCUT2D eigenvalue weighted by atomic mass is 32.2. The number of carbonyl (C=O) groups is 2. The monoisotopic (exact) mass is 483 g/mol. The fourth-order valence-corrected chi connectivity index (χ4v) is 5.99. The predicted octanol–water partition coefficient (Wildman–Crippen LogP) is 1.63. The molecule has 2 aliphatic heterocycles. The third-order valence-electron chi connectivity index (χ3n) is 6.11. The highest BCUT2D eigenvalue weighted by Crippen LogP contribution is 2.23. The average Bonchev–Trinajstić information content (AvgIpc) is 2.84. The SMILES string of the molecule is CCC(C)c1ccc(S(=O)(=O)N2CCN(C(=O)CSCC(=O)N3CCOCC3)CC2)cc1. The summed E-state index contributed by atoms with van der Waals surface area (Å²) in [5.74, 6) is 0.858. The van der Waals surface area contributed by atoms with Gasteiger partial charge in [0, 0.05) is 39.3 Å². The van der Waals surface area contributed by atoms with Crippen molar-refractivity contribution in [2.24, 2.45) is 0 Å². The van der Waals surface area contributed by atoms with E-state index in [1.807, 2.05) is 12.1 Å². The molecule has 0 N–H and O–H groups in total. The molecule has 2 amide bonds. The Morgan fingerprint density at radius 1 is 0.938 bits per heavy atom. The standard InChI is InChI=1S/C22H33N3O5S2/c1-3-18(2)19-4-6-20(7-5-19)32(28,29)25-10-8-23(9-11-25)21(26)16-31-17-22(27)24-12-14-30-15-13-24/h4-7,18H,3,8-17H2,1-2H3. The van der Waals surface area contributed by atoms with Crippen LogP contribution in [0.2, 0.25) is 0 Å². The molecule has 0 aliphatic carbocycles. The number of thioether (sulfide) groups is 1. The van der Waals surface area contributed by atoms with Gasteiger partial charge in [0.25, 0.3) is 0 Å². The minimum absolute atomic E-state index is 0.0290. The minimum atomic E-state index is -3.57. The molecule has 2 fully saturated rings. The van der Waals surface area contributed by atoms with Crippen molar-refractivity contribution in [3.05, 3.63) is 29.8 Å². The van der Waals surface area contributed by atoms with E-state index in [4.69, 9.17) is 4.74 Å². The highest BCUT2D eigenvalue weighted by molar-refractivity contribution is 8.00. The molecule has 178 valence electrons. The second-order valence-electron chi connectivity index (χ2n) is 8.15. The highest BCUT2D eigenvalue weighted by Gasteiger charge is 2.30. The number of nitrogens with zero attached hydrogens (tertiary/aromatic N) is 3.